The molecule has 7 atom stereocenters. The van der Waals surface area contributed by atoms with Crippen molar-refractivity contribution >= 4 is 33.3 Å². The molecule has 0 radical (unpaired) electrons. The number of ketones is 3. The quantitative estimate of drug-likeness (QED) is 0.619. The van der Waals surface area contributed by atoms with Gasteiger partial charge in [0.2, 0.25) is 0 Å². The first-order valence-corrected chi connectivity index (χ1v) is 10.2. The molecule has 0 N–H and O–H groups in total. The number of halogens is 1. The van der Waals surface area contributed by atoms with Crippen molar-refractivity contribution < 1.29 is 14.4 Å². The highest BCUT2D eigenvalue weighted by Gasteiger charge is 2.63. The molecule has 0 bridgehead atoms. The monoisotopic (exact) mass is 404 g/mol. The van der Waals surface area contributed by atoms with E-state index in [9.17, 15) is 14.4 Å². The normalized spacial score (nSPS) is 48.5. The molecule has 25 heavy (non-hydrogen) atoms. The van der Waals surface area contributed by atoms with Gasteiger partial charge in [-0.3, -0.25) is 14.4 Å². The summed E-state index contributed by atoms with van der Waals surface area (Å²) < 4.78 is 0. The lowest BCUT2D eigenvalue weighted by Gasteiger charge is -2.56. The van der Waals surface area contributed by atoms with Gasteiger partial charge in [0, 0.05) is 28.5 Å². The van der Waals surface area contributed by atoms with Crippen LogP contribution in [0.4, 0.5) is 0 Å². The van der Waals surface area contributed by atoms with Crippen molar-refractivity contribution in [2.75, 3.05) is 0 Å². The molecule has 0 aliphatic heterocycles. The lowest BCUT2D eigenvalue weighted by Crippen LogP contribution is -2.56. The van der Waals surface area contributed by atoms with Gasteiger partial charge in [0.25, 0.3) is 0 Å². The molecule has 0 aromatic carbocycles. The maximum Gasteiger partial charge on any atom is 0.178 e. The third kappa shape index (κ3) is 2.25. The second kappa shape index (κ2) is 5.48. The summed E-state index contributed by atoms with van der Waals surface area (Å²) in [6.45, 7) is 5.97. The molecule has 0 saturated heterocycles. The van der Waals surface area contributed by atoms with Crippen LogP contribution < -0.4 is 0 Å². The minimum Gasteiger partial charge on any atom is -0.300 e. The van der Waals surface area contributed by atoms with Crippen LogP contribution >= 0.6 is 15.9 Å². The Morgan fingerprint density at radius 2 is 1.96 bits per heavy atom. The highest BCUT2D eigenvalue weighted by Crippen LogP contribution is 2.65. The van der Waals surface area contributed by atoms with Gasteiger partial charge in [-0.15, -0.1) is 0 Å². The standard InChI is InChI=1S/C21H25BrO3/c1-11(23)14-4-5-15-13-9-17(22)16-8-12(24)6-7-20(16,2)19(13)18(25)10-21(14,15)3/h6-8,13-15,17,19H,4-5,9-10H2,1-3H3/t13-,14+,15-,17?,19+,20-,21+/m0/s1. The number of allylic oxidation sites excluding steroid dienone is 4. The number of Topliss-reactive ketones (excluding diaryl/α,β-unsaturated/α-hetero) is 2. The van der Waals surface area contributed by atoms with Crippen LogP contribution in [0.15, 0.2) is 23.8 Å². The molecule has 3 nitrogen and oxygen atoms in total. The summed E-state index contributed by atoms with van der Waals surface area (Å²) >= 11 is 3.80. The average Bonchev–Trinajstić information content (AvgIpc) is 2.85. The maximum absolute atomic E-state index is 13.3. The third-order valence-corrected chi connectivity index (χ3v) is 8.59. The zero-order valence-electron chi connectivity index (χ0n) is 15.0. The molecule has 4 aliphatic carbocycles. The molecule has 4 aliphatic rings. The summed E-state index contributed by atoms with van der Waals surface area (Å²) in [4.78, 5) is 37.5. The van der Waals surface area contributed by atoms with Crippen LogP contribution in [0.25, 0.3) is 0 Å². The Bertz CT molecular complexity index is 735. The van der Waals surface area contributed by atoms with E-state index in [0.29, 0.717) is 12.3 Å². The van der Waals surface area contributed by atoms with Crippen LogP contribution in [-0.2, 0) is 14.4 Å². The molecule has 4 rings (SSSR count). The Morgan fingerprint density at radius 3 is 2.64 bits per heavy atom. The lowest BCUT2D eigenvalue weighted by molar-refractivity contribution is -0.144. The number of carbonyl (C=O) groups excluding carboxylic acids is 3. The number of carbonyl (C=O) groups is 3. The van der Waals surface area contributed by atoms with Gasteiger partial charge in [0.15, 0.2) is 5.78 Å². The van der Waals surface area contributed by atoms with Gasteiger partial charge < -0.3 is 0 Å². The van der Waals surface area contributed by atoms with Crippen molar-refractivity contribution in [1.29, 1.82) is 0 Å². The molecule has 0 amide bonds. The Labute approximate surface area is 157 Å². The van der Waals surface area contributed by atoms with E-state index >= 15 is 0 Å². The van der Waals surface area contributed by atoms with Crippen molar-refractivity contribution in [2.45, 2.75) is 51.3 Å². The predicted molar refractivity (Wildman–Crippen MR) is 99.3 cm³/mol. The maximum atomic E-state index is 13.3. The highest BCUT2D eigenvalue weighted by molar-refractivity contribution is 9.09. The lowest BCUT2D eigenvalue weighted by atomic mass is 9.47. The first kappa shape index (κ1) is 17.4. The van der Waals surface area contributed by atoms with Crippen molar-refractivity contribution in [1.82, 2.24) is 0 Å². The molecule has 0 spiro atoms. The predicted octanol–water partition coefficient (Wildman–Crippen LogP) is 4.05. The Hall–Kier alpha value is -1.03. The molecule has 3 saturated carbocycles. The minimum absolute atomic E-state index is 0.0148. The van der Waals surface area contributed by atoms with E-state index in [1.807, 2.05) is 6.08 Å². The van der Waals surface area contributed by atoms with E-state index in [4.69, 9.17) is 0 Å². The molecule has 0 aromatic heterocycles. The number of hydrogen-bond acceptors (Lipinski definition) is 3. The summed E-state index contributed by atoms with van der Waals surface area (Å²) in [6.07, 6.45) is 8.64. The Balaban J connectivity index is 1.79. The zero-order valence-corrected chi connectivity index (χ0v) is 16.6. The van der Waals surface area contributed by atoms with E-state index in [2.05, 4.69) is 29.8 Å². The number of alkyl halides is 1. The fraction of sp³-hybridized carbons (Fsp3) is 0.667. The summed E-state index contributed by atoms with van der Waals surface area (Å²) in [6, 6.07) is 0. The number of hydrogen-bond donors (Lipinski definition) is 0. The summed E-state index contributed by atoms with van der Waals surface area (Å²) in [5.41, 5.74) is 0.486. The van der Waals surface area contributed by atoms with Crippen LogP contribution in [0, 0.1) is 34.5 Å². The number of rotatable bonds is 1. The van der Waals surface area contributed by atoms with Gasteiger partial charge in [-0.25, -0.2) is 0 Å². The SMILES string of the molecule is CC(=O)[C@H]1CC[C@H]2[C@@H]3CC(Br)C4=CC(=O)C=C[C@]4(C)[C@H]3C(=O)C[C@]12C. The summed E-state index contributed by atoms with van der Waals surface area (Å²) in [5, 5.41) is 0. The molecule has 4 heteroatoms. The van der Waals surface area contributed by atoms with Gasteiger partial charge in [0.1, 0.15) is 11.6 Å². The molecule has 0 heterocycles. The fourth-order valence-electron chi connectivity index (χ4n) is 6.71. The van der Waals surface area contributed by atoms with E-state index < -0.39 is 0 Å². The van der Waals surface area contributed by atoms with Crippen molar-refractivity contribution in [3.8, 4) is 0 Å². The smallest absolute Gasteiger partial charge is 0.178 e. The van der Waals surface area contributed by atoms with Crippen molar-refractivity contribution in [3.05, 3.63) is 23.8 Å². The van der Waals surface area contributed by atoms with Gasteiger partial charge in [-0.2, -0.15) is 0 Å². The molecular weight excluding hydrogens is 380 g/mol. The Morgan fingerprint density at radius 1 is 1.24 bits per heavy atom. The first-order chi connectivity index (χ1) is 11.7. The van der Waals surface area contributed by atoms with Crippen LogP contribution in [-0.4, -0.2) is 22.2 Å². The Kier molecular flexibility index (Phi) is 3.81. The largest absolute Gasteiger partial charge is 0.300 e. The van der Waals surface area contributed by atoms with E-state index in [1.165, 1.54) is 0 Å². The van der Waals surface area contributed by atoms with Crippen LogP contribution in [0.1, 0.15) is 46.5 Å². The minimum atomic E-state index is -0.377. The average molecular weight is 405 g/mol. The molecule has 1 unspecified atom stereocenters. The topological polar surface area (TPSA) is 51.2 Å². The second-order valence-electron chi connectivity index (χ2n) is 8.96. The zero-order chi connectivity index (χ0) is 18.1. The van der Waals surface area contributed by atoms with Crippen LogP contribution in [0.3, 0.4) is 0 Å². The third-order valence-electron chi connectivity index (χ3n) is 7.72. The van der Waals surface area contributed by atoms with Gasteiger partial charge in [0.05, 0.1) is 0 Å². The second-order valence-corrected chi connectivity index (χ2v) is 10.1. The fourth-order valence-corrected chi connectivity index (χ4v) is 7.77. The first-order valence-electron chi connectivity index (χ1n) is 9.31. The molecule has 134 valence electrons. The van der Waals surface area contributed by atoms with Crippen LogP contribution in [0.2, 0.25) is 0 Å². The van der Waals surface area contributed by atoms with Gasteiger partial charge >= 0.3 is 0 Å². The van der Waals surface area contributed by atoms with E-state index in [0.717, 1.165) is 24.8 Å². The summed E-state index contributed by atoms with van der Waals surface area (Å²) in [5.74, 6) is 1.17. The van der Waals surface area contributed by atoms with E-state index in [-0.39, 0.29) is 50.8 Å². The van der Waals surface area contributed by atoms with E-state index in [1.54, 1.807) is 19.1 Å². The van der Waals surface area contributed by atoms with Crippen molar-refractivity contribution in [3.63, 3.8) is 0 Å². The number of fused-ring (bicyclic) bond motifs is 5. The van der Waals surface area contributed by atoms with Gasteiger partial charge in [-0.05, 0) is 61.2 Å². The molecule has 3 fully saturated rings. The van der Waals surface area contributed by atoms with Gasteiger partial charge in [-0.1, -0.05) is 35.9 Å². The van der Waals surface area contributed by atoms with Crippen LogP contribution in [0.5, 0.6) is 0 Å². The highest BCUT2D eigenvalue weighted by atomic mass is 79.9. The molecule has 0 aromatic rings. The van der Waals surface area contributed by atoms with Crippen molar-refractivity contribution in [2.24, 2.45) is 34.5 Å². The molecular formula is C21H25BrO3. The summed E-state index contributed by atoms with van der Waals surface area (Å²) in [7, 11) is 0.